The van der Waals surface area contributed by atoms with E-state index in [9.17, 15) is 0 Å². The summed E-state index contributed by atoms with van der Waals surface area (Å²) in [6.07, 6.45) is 1.56. The number of aryl methyl sites for hydroxylation is 1. The number of rotatable bonds is 4. The summed E-state index contributed by atoms with van der Waals surface area (Å²) in [6, 6.07) is 1.91. The molecule has 1 heterocycles. The molecule has 0 amide bonds. The number of anilines is 1. The Balaban J connectivity index is 2.68. The van der Waals surface area contributed by atoms with Crippen LogP contribution in [0.4, 0.5) is 5.82 Å². The highest BCUT2D eigenvalue weighted by Gasteiger charge is 2.17. The van der Waals surface area contributed by atoms with Crippen molar-refractivity contribution in [2.75, 3.05) is 19.0 Å². The zero-order valence-corrected chi connectivity index (χ0v) is 9.16. The maximum absolute atomic E-state index is 5.10. The first-order valence-electron chi connectivity index (χ1n) is 4.59. The average molecular weight is 195 g/mol. The van der Waals surface area contributed by atoms with E-state index in [1.54, 1.807) is 13.4 Å². The Kier molecular flexibility index (Phi) is 3.41. The highest BCUT2D eigenvalue weighted by Crippen LogP contribution is 2.12. The first-order valence-corrected chi connectivity index (χ1v) is 4.59. The van der Waals surface area contributed by atoms with Gasteiger partial charge in [0.1, 0.15) is 12.1 Å². The van der Waals surface area contributed by atoms with Crippen molar-refractivity contribution in [1.82, 2.24) is 9.97 Å². The van der Waals surface area contributed by atoms with Crippen LogP contribution in [0, 0.1) is 6.92 Å². The summed E-state index contributed by atoms with van der Waals surface area (Å²) in [5, 5.41) is 3.28. The standard InChI is InChI=1S/C10H17N3O/c1-8-5-9(12-7-11-8)13-10(2,3)6-14-4/h5,7H,6H2,1-4H3,(H,11,12,13). The summed E-state index contributed by atoms with van der Waals surface area (Å²) in [7, 11) is 1.69. The first kappa shape index (κ1) is 10.9. The predicted molar refractivity (Wildman–Crippen MR) is 56.3 cm³/mol. The van der Waals surface area contributed by atoms with Crippen molar-refractivity contribution in [3.8, 4) is 0 Å². The topological polar surface area (TPSA) is 47.0 Å². The van der Waals surface area contributed by atoms with Gasteiger partial charge in [-0.25, -0.2) is 9.97 Å². The van der Waals surface area contributed by atoms with Crippen LogP contribution in [0.25, 0.3) is 0 Å². The van der Waals surface area contributed by atoms with E-state index in [1.165, 1.54) is 0 Å². The number of ether oxygens (including phenoxy) is 1. The summed E-state index contributed by atoms with van der Waals surface area (Å²) in [5.74, 6) is 0.833. The average Bonchev–Trinajstić information content (AvgIpc) is 2.02. The zero-order chi connectivity index (χ0) is 10.6. The van der Waals surface area contributed by atoms with Crippen molar-refractivity contribution in [2.45, 2.75) is 26.3 Å². The highest BCUT2D eigenvalue weighted by atomic mass is 16.5. The molecule has 78 valence electrons. The van der Waals surface area contributed by atoms with Gasteiger partial charge in [-0.15, -0.1) is 0 Å². The molecule has 4 heteroatoms. The summed E-state index contributed by atoms with van der Waals surface area (Å²) in [6.45, 7) is 6.70. The lowest BCUT2D eigenvalue weighted by Crippen LogP contribution is -2.36. The van der Waals surface area contributed by atoms with Crippen LogP contribution < -0.4 is 5.32 Å². The van der Waals surface area contributed by atoms with Gasteiger partial charge < -0.3 is 10.1 Å². The van der Waals surface area contributed by atoms with Gasteiger partial charge >= 0.3 is 0 Å². The van der Waals surface area contributed by atoms with Crippen LogP contribution in [0.5, 0.6) is 0 Å². The fraction of sp³-hybridized carbons (Fsp3) is 0.600. The Labute approximate surface area is 84.7 Å². The highest BCUT2D eigenvalue weighted by molar-refractivity contribution is 5.37. The van der Waals surface area contributed by atoms with Crippen LogP contribution in [0.3, 0.4) is 0 Å². The van der Waals surface area contributed by atoms with Crippen molar-refractivity contribution < 1.29 is 4.74 Å². The van der Waals surface area contributed by atoms with Gasteiger partial charge in [-0.3, -0.25) is 0 Å². The minimum atomic E-state index is -0.116. The Hall–Kier alpha value is -1.16. The number of hydrogen-bond donors (Lipinski definition) is 1. The molecular formula is C10H17N3O. The third-order valence-electron chi connectivity index (χ3n) is 1.78. The number of hydrogen-bond acceptors (Lipinski definition) is 4. The molecule has 0 saturated heterocycles. The second-order valence-electron chi connectivity index (χ2n) is 3.99. The number of aromatic nitrogens is 2. The van der Waals surface area contributed by atoms with E-state index in [2.05, 4.69) is 29.1 Å². The molecular weight excluding hydrogens is 178 g/mol. The molecule has 1 aromatic rings. The summed E-state index contributed by atoms with van der Waals surface area (Å²) < 4.78 is 5.10. The third kappa shape index (κ3) is 3.30. The van der Waals surface area contributed by atoms with Crippen molar-refractivity contribution in [3.63, 3.8) is 0 Å². The van der Waals surface area contributed by atoms with E-state index < -0.39 is 0 Å². The molecule has 0 spiro atoms. The normalized spacial score (nSPS) is 11.4. The van der Waals surface area contributed by atoms with Crippen LogP contribution in [0.2, 0.25) is 0 Å². The predicted octanol–water partition coefficient (Wildman–Crippen LogP) is 1.62. The molecule has 0 fully saturated rings. The van der Waals surface area contributed by atoms with E-state index in [-0.39, 0.29) is 5.54 Å². The molecule has 0 aliphatic carbocycles. The molecule has 0 aliphatic heterocycles. The fourth-order valence-corrected chi connectivity index (χ4v) is 1.27. The Morgan fingerprint density at radius 3 is 2.71 bits per heavy atom. The Bertz CT molecular complexity index is 299. The fourth-order valence-electron chi connectivity index (χ4n) is 1.27. The molecule has 0 saturated carbocycles. The minimum Gasteiger partial charge on any atom is -0.382 e. The van der Waals surface area contributed by atoms with Crippen LogP contribution >= 0.6 is 0 Å². The lowest BCUT2D eigenvalue weighted by Gasteiger charge is -2.25. The van der Waals surface area contributed by atoms with Crippen LogP contribution in [-0.4, -0.2) is 29.2 Å². The van der Waals surface area contributed by atoms with Crippen LogP contribution in [-0.2, 0) is 4.74 Å². The largest absolute Gasteiger partial charge is 0.382 e. The maximum Gasteiger partial charge on any atom is 0.130 e. The molecule has 4 nitrogen and oxygen atoms in total. The molecule has 1 N–H and O–H groups in total. The first-order chi connectivity index (χ1) is 6.53. The quantitative estimate of drug-likeness (QED) is 0.793. The van der Waals surface area contributed by atoms with Crippen molar-refractivity contribution in [3.05, 3.63) is 18.1 Å². The van der Waals surface area contributed by atoms with E-state index in [0.29, 0.717) is 6.61 Å². The van der Waals surface area contributed by atoms with Gasteiger partial charge in [-0.2, -0.15) is 0 Å². The van der Waals surface area contributed by atoms with E-state index in [4.69, 9.17) is 4.74 Å². The van der Waals surface area contributed by atoms with Gasteiger partial charge in [0.25, 0.3) is 0 Å². The number of nitrogens with one attached hydrogen (secondary N) is 1. The van der Waals surface area contributed by atoms with Gasteiger partial charge in [-0.1, -0.05) is 0 Å². The minimum absolute atomic E-state index is 0.116. The molecule has 0 aromatic carbocycles. The molecule has 1 rings (SSSR count). The van der Waals surface area contributed by atoms with Gasteiger partial charge in [0.2, 0.25) is 0 Å². The number of nitrogens with zero attached hydrogens (tertiary/aromatic N) is 2. The van der Waals surface area contributed by atoms with Crippen molar-refractivity contribution in [1.29, 1.82) is 0 Å². The Morgan fingerprint density at radius 1 is 1.43 bits per heavy atom. The van der Waals surface area contributed by atoms with Gasteiger partial charge in [0.15, 0.2) is 0 Å². The SMILES string of the molecule is COCC(C)(C)Nc1cc(C)ncn1. The monoisotopic (exact) mass is 195 g/mol. The molecule has 1 aromatic heterocycles. The summed E-state index contributed by atoms with van der Waals surface area (Å²) >= 11 is 0. The molecule has 14 heavy (non-hydrogen) atoms. The molecule has 0 bridgehead atoms. The molecule has 0 atom stereocenters. The second kappa shape index (κ2) is 4.37. The van der Waals surface area contributed by atoms with Crippen molar-refractivity contribution >= 4 is 5.82 Å². The van der Waals surface area contributed by atoms with Gasteiger partial charge in [0.05, 0.1) is 12.1 Å². The van der Waals surface area contributed by atoms with Crippen LogP contribution in [0.15, 0.2) is 12.4 Å². The molecule has 0 aliphatic rings. The summed E-state index contributed by atoms with van der Waals surface area (Å²) in [4.78, 5) is 8.16. The summed E-state index contributed by atoms with van der Waals surface area (Å²) in [5.41, 5.74) is 0.839. The third-order valence-corrected chi connectivity index (χ3v) is 1.78. The lowest BCUT2D eigenvalue weighted by molar-refractivity contribution is 0.158. The van der Waals surface area contributed by atoms with E-state index in [0.717, 1.165) is 11.5 Å². The smallest absolute Gasteiger partial charge is 0.130 e. The van der Waals surface area contributed by atoms with Crippen molar-refractivity contribution in [2.24, 2.45) is 0 Å². The number of methoxy groups -OCH3 is 1. The van der Waals surface area contributed by atoms with Crippen LogP contribution in [0.1, 0.15) is 19.5 Å². The second-order valence-corrected chi connectivity index (χ2v) is 3.99. The maximum atomic E-state index is 5.10. The molecule has 0 radical (unpaired) electrons. The zero-order valence-electron chi connectivity index (χ0n) is 9.16. The van der Waals surface area contributed by atoms with Gasteiger partial charge in [0, 0.05) is 18.9 Å². The Morgan fingerprint density at radius 2 is 2.14 bits per heavy atom. The van der Waals surface area contributed by atoms with E-state index >= 15 is 0 Å². The van der Waals surface area contributed by atoms with Gasteiger partial charge in [-0.05, 0) is 20.8 Å². The van der Waals surface area contributed by atoms with E-state index in [1.807, 2.05) is 13.0 Å². The molecule has 0 unspecified atom stereocenters. The lowest BCUT2D eigenvalue weighted by atomic mass is 10.1.